The summed E-state index contributed by atoms with van der Waals surface area (Å²) in [6, 6.07) is 14.8. The van der Waals surface area contributed by atoms with Crippen LogP contribution in [0.15, 0.2) is 59.0 Å². The second-order valence-corrected chi connectivity index (χ2v) is 5.72. The molecule has 0 saturated carbocycles. The van der Waals surface area contributed by atoms with E-state index in [9.17, 15) is 9.18 Å². The zero-order chi connectivity index (χ0) is 18.5. The van der Waals surface area contributed by atoms with Crippen LogP contribution >= 0.6 is 0 Å². The fraction of sp³-hybridized carbons (Fsp3) is 0.150. The van der Waals surface area contributed by atoms with Crippen molar-refractivity contribution in [2.45, 2.75) is 13.5 Å². The van der Waals surface area contributed by atoms with Crippen LogP contribution in [0.5, 0.6) is 5.75 Å². The largest absolute Gasteiger partial charge is 0.481 e. The number of carbonyl (C=O) groups is 1. The van der Waals surface area contributed by atoms with E-state index in [0.29, 0.717) is 17.2 Å². The van der Waals surface area contributed by atoms with Crippen LogP contribution in [-0.2, 0) is 11.4 Å². The van der Waals surface area contributed by atoms with E-state index in [2.05, 4.69) is 5.32 Å². The van der Waals surface area contributed by atoms with Crippen molar-refractivity contribution in [1.82, 2.24) is 0 Å². The number of furan rings is 1. The van der Waals surface area contributed by atoms with Gasteiger partial charge in [0.2, 0.25) is 0 Å². The third-order valence-corrected chi connectivity index (χ3v) is 3.81. The molecule has 1 amide bonds. The number of benzene rings is 2. The average molecular weight is 355 g/mol. The molecule has 0 spiro atoms. The lowest BCUT2D eigenvalue weighted by atomic mass is 10.1. The van der Waals surface area contributed by atoms with Crippen LogP contribution < -0.4 is 10.1 Å². The number of carbonyl (C=O) groups excluding carboxylic acids is 1. The van der Waals surface area contributed by atoms with Gasteiger partial charge in [-0.25, -0.2) is 4.39 Å². The summed E-state index contributed by atoms with van der Waals surface area (Å²) in [5.74, 6) is 0.164. The fourth-order valence-corrected chi connectivity index (χ4v) is 2.42. The number of amides is 1. The van der Waals surface area contributed by atoms with E-state index in [-0.39, 0.29) is 19.0 Å². The lowest BCUT2D eigenvalue weighted by Gasteiger charge is -2.11. The Morgan fingerprint density at radius 2 is 2.00 bits per heavy atom. The van der Waals surface area contributed by atoms with Crippen LogP contribution in [0.2, 0.25) is 0 Å². The SMILES string of the molecule is Cc1ccc(-c2ccc(CO)o2)cc1NC(=O)COc1ccccc1F. The first-order valence-electron chi connectivity index (χ1n) is 8.04. The highest BCUT2D eigenvalue weighted by Gasteiger charge is 2.11. The van der Waals surface area contributed by atoms with Gasteiger partial charge in [0.05, 0.1) is 0 Å². The minimum absolute atomic E-state index is 0.0280. The molecule has 0 aliphatic carbocycles. The summed E-state index contributed by atoms with van der Waals surface area (Å²) in [4.78, 5) is 12.1. The van der Waals surface area contributed by atoms with E-state index in [1.807, 2.05) is 19.1 Å². The second kappa shape index (κ2) is 7.84. The average Bonchev–Trinajstić information content (AvgIpc) is 3.12. The van der Waals surface area contributed by atoms with Crippen LogP contribution in [0, 0.1) is 12.7 Å². The van der Waals surface area contributed by atoms with E-state index < -0.39 is 11.7 Å². The van der Waals surface area contributed by atoms with Crippen LogP contribution in [0.25, 0.3) is 11.3 Å². The van der Waals surface area contributed by atoms with Gasteiger partial charge in [0.15, 0.2) is 18.2 Å². The van der Waals surface area contributed by atoms with Crippen molar-refractivity contribution < 1.29 is 23.4 Å². The molecule has 0 bridgehead atoms. The normalized spacial score (nSPS) is 10.6. The fourth-order valence-electron chi connectivity index (χ4n) is 2.42. The number of para-hydroxylation sites is 1. The smallest absolute Gasteiger partial charge is 0.262 e. The summed E-state index contributed by atoms with van der Waals surface area (Å²) in [5.41, 5.74) is 2.23. The first-order chi connectivity index (χ1) is 12.6. The zero-order valence-corrected chi connectivity index (χ0v) is 14.2. The Morgan fingerprint density at radius 3 is 2.73 bits per heavy atom. The van der Waals surface area contributed by atoms with Gasteiger partial charge in [-0.15, -0.1) is 0 Å². The van der Waals surface area contributed by atoms with Gasteiger partial charge in [-0.3, -0.25) is 4.79 Å². The number of halogens is 1. The van der Waals surface area contributed by atoms with E-state index >= 15 is 0 Å². The highest BCUT2D eigenvalue weighted by molar-refractivity contribution is 5.93. The summed E-state index contributed by atoms with van der Waals surface area (Å²) in [6.45, 7) is 1.38. The number of anilines is 1. The number of nitrogens with one attached hydrogen (secondary N) is 1. The molecule has 0 unspecified atom stereocenters. The Bertz CT molecular complexity index is 920. The Labute approximate surface area is 150 Å². The molecule has 6 heteroatoms. The molecule has 0 fully saturated rings. The Hall–Kier alpha value is -3.12. The molecule has 0 atom stereocenters. The predicted octanol–water partition coefficient (Wildman–Crippen LogP) is 3.90. The number of hydrogen-bond donors (Lipinski definition) is 2. The number of aryl methyl sites for hydroxylation is 1. The number of hydrogen-bond acceptors (Lipinski definition) is 4. The van der Waals surface area contributed by atoms with Gasteiger partial charge in [0.1, 0.15) is 18.1 Å². The summed E-state index contributed by atoms with van der Waals surface area (Å²) in [5, 5.41) is 11.9. The molecular formula is C20H18FNO4. The van der Waals surface area contributed by atoms with Gasteiger partial charge >= 0.3 is 0 Å². The molecule has 0 radical (unpaired) electrons. The molecule has 3 aromatic rings. The van der Waals surface area contributed by atoms with Gasteiger partial charge in [-0.1, -0.05) is 24.3 Å². The van der Waals surface area contributed by atoms with Crippen molar-refractivity contribution in [2.24, 2.45) is 0 Å². The van der Waals surface area contributed by atoms with Crippen LogP contribution in [-0.4, -0.2) is 17.6 Å². The maximum absolute atomic E-state index is 13.5. The summed E-state index contributed by atoms with van der Waals surface area (Å²) < 4.78 is 24.2. The Kier molecular flexibility index (Phi) is 5.34. The van der Waals surface area contributed by atoms with Crippen molar-refractivity contribution in [1.29, 1.82) is 0 Å². The molecule has 0 saturated heterocycles. The van der Waals surface area contributed by atoms with Crippen molar-refractivity contribution in [2.75, 3.05) is 11.9 Å². The molecule has 1 heterocycles. The van der Waals surface area contributed by atoms with Gasteiger partial charge in [0, 0.05) is 11.3 Å². The number of aliphatic hydroxyl groups excluding tert-OH is 1. The molecule has 1 aromatic heterocycles. The minimum atomic E-state index is -0.518. The van der Waals surface area contributed by atoms with Crippen molar-refractivity contribution >= 4 is 11.6 Å². The van der Waals surface area contributed by atoms with Crippen molar-refractivity contribution in [3.05, 3.63) is 71.7 Å². The molecule has 2 N–H and O–H groups in total. The Balaban J connectivity index is 1.69. The maximum atomic E-state index is 13.5. The zero-order valence-electron chi connectivity index (χ0n) is 14.2. The highest BCUT2D eigenvalue weighted by atomic mass is 19.1. The first kappa shape index (κ1) is 17.7. The molecule has 2 aromatic carbocycles. The second-order valence-electron chi connectivity index (χ2n) is 5.72. The lowest BCUT2D eigenvalue weighted by Crippen LogP contribution is -2.21. The van der Waals surface area contributed by atoms with E-state index in [1.54, 1.807) is 30.3 Å². The molecule has 5 nitrogen and oxygen atoms in total. The predicted molar refractivity (Wildman–Crippen MR) is 95.3 cm³/mol. The minimum Gasteiger partial charge on any atom is -0.481 e. The molecular weight excluding hydrogens is 337 g/mol. The molecule has 26 heavy (non-hydrogen) atoms. The quantitative estimate of drug-likeness (QED) is 0.703. The maximum Gasteiger partial charge on any atom is 0.262 e. The van der Waals surface area contributed by atoms with E-state index in [1.165, 1.54) is 12.1 Å². The van der Waals surface area contributed by atoms with Gasteiger partial charge in [-0.05, 0) is 42.8 Å². The van der Waals surface area contributed by atoms with Crippen LogP contribution in [0.1, 0.15) is 11.3 Å². The summed E-state index contributed by atoms with van der Waals surface area (Å²) >= 11 is 0. The number of rotatable bonds is 6. The van der Waals surface area contributed by atoms with Crippen molar-refractivity contribution in [3.8, 4) is 17.1 Å². The third kappa shape index (κ3) is 4.10. The summed E-state index contributed by atoms with van der Waals surface area (Å²) in [7, 11) is 0. The van der Waals surface area contributed by atoms with Gasteiger partial charge in [-0.2, -0.15) is 0 Å². The monoisotopic (exact) mass is 355 g/mol. The topological polar surface area (TPSA) is 71.7 Å². The molecule has 0 aliphatic heterocycles. The van der Waals surface area contributed by atoms with Crippen LogP contribution in [0.4, 0.5) is 10.1 Å². The third-order valence-electron chi connectivity index (χ3n) is 3.81. The Morgan fingerprint density at radius 1 is 1.19 bits per heavy atom. The van der Waals surface area contributed by atoms with Gasteiger partial charge in [0.25, 0.3) is 5.91 Å². The standard InChI is InChI=1S/C20H18FNO4/c1-13-6-7-14(18-9-8-15(11-23)26-18)10-17(13)22-20(24)12-25-19-5-3-2-4-16(19)21/h2-10,23H,11-12H2,1H3,(H,22,24). The lowest BCUT2D eigenvalue weighted by molar-refractivity contribution is -0.118. The van der Waals surface area contributed by atoms with Crippen molar-refractivity contribution in [3.63, 3.8) is 0 Å². The first-order valence-corrected chi connectivity index (χ1v) is 8.04. The highest BCUT2D eigenvalue weighted by Crippen LogP contribution is 2.27. The summed E-state index contributed by atoms with van der Waals surface area (Å²) in [6.07, 6.45) is 0. The molecule has 3 rings (SSSR count). The number of ether oxygens (including phenoxy) is 1. The van der Waals surface area contributed by atoms with Gasteiger partial charge < -0.3 is 19.6 Å². The van der Waals surface area contributed by atoms with Crippen LogP contribution in [0.3, 0.4) is 0 Å². The van der Waals surface area contributed by atoms with E-state index in [4.69, 9.17) is 14.3 Å². The van der Waals surface area contributed by atoms with E-state index in [0.717, 1.165) is 11.1 Å². The molecule has 0 aliphatic rings. The number of aliphatic hydroxyl groups is 1. The molecule has 134 valence electrons.